The molecular formula is C13H13N3O. The van der Waals surface area contributed by atoms with Crippen molar-refractivity contribution < 1.29 is 4.79 Å². The van der Waals surface area contributed by atoms with Gasteiger partial charge in [-0.25, -0.2) is 0 Å². The van der Waals surface area contributed by atoms with Crippen LogP contribution in [-0.2, 0) is 0 Å². The van der Waals surface area contributed by atoms with Crippen molar-refractivity contribution in [3.63, 3.8) is 0 Å². The molecule has 1 heterocycles. The number of rotatable bonds is 2. The SMILES string of the molecule is CN(C(=O)c1ccncc1)c1ccc(N)cc1. The van der Waals surface area contributed by atoms with Crippen LogP contribution < -0.4 is 10.6 Å². The Bertz CT molecular complexity index is 508. The average Bonchev–Trinajstić information content (AvgIpc) is 2.39. The smallest absolute Gasteiger partial charge is 0.258 e. The number of nitrogens with zero attached hydrogens (tertiary/aromatic N) is 2. The molecule has 0 saturated carbocycles. The fourth-order valence-electron chi connectivity index (χ4n) is 1.50. The minimum absolute atomic E-state index is 0.0721. The second-order valence-electron chi connectivity index (χ2n) is 3.69. The Kier molecular flexibility index (Phi) is 3.05. The highest BCUT2D eigenvalue weighted by Gasteiger charge is 2.12. The molecule has 2 N–H and O–H groups in total. The van der Waals surface area contributed by atoms with Crippen molar-refractivity contribution in [1.82, 2.24) is 4.98 Å². The minimum Gasteiger partial charge on any atom is -0.399 e. The van der Waals surface area contributed by atoms with Gasteiger partial charge in [-0.15, -0.1) is 0 Å². The Morgan fingerprint density at radius 1 is 1.12 bits per heavy atom. The molecule has 2 rings (SSSR count). The van der Waals surface area contributed by atoms with E-state index in [0.29, 0.717) is 11.3 Å². The zero-order chi connectivity index (χ0) is 12.3. The summed E-state index contributed by atoms with van der Waals surface area (Å²) in [5, 5.41) is 0. The fraction of sp³-hybridized carbons (Fsp3) is 0.0769. The van der Waals surface area contributed by atoms with Gasteiger partial charge in [0, 0.05) is 36.4 Å². The highest BCUT2D eigenvalue weighted by Crippen LogP contribution is 2.16. The van der Waals surface area contributed by atoms with E-state index in [9.17, 15) is 4.79 Å². The zero-order valence-electron chi connectivity index (χ0n) is 9.50. The normalized spacial score (nSPS) is 9.94. The lowest BCUT2D eigenvalue weighted by Gasteiger charge is -2.17. The second kappa shape index (κ2) is 4.65. The maximum absolute atomic E-state index is 12.1. The van der Waals surface area contributed by atoms with Gasteiger partial charge in [-0.1, -0.05) is 0 Å². The molecule has 0 saturated heterocycles. The molecule has 2 aromatic rings. The van der Waals surface area contributed by atoms with Gasteiger partial charge in [0.1, 0.15) is 0 Å². The number of carbonyl (C=O) groups excluding carboxylic acids is 1. The van der Waals surface area contributed by atoms with Gasteiger partial charge in [0.05, 0.1) is 0 Å². The number of anilines is 2. The third kappa shape index (κ3) is 2.42. The van der Waals surface area contributed by atoms with E-state index in [1.54, 1.807) is 48.6 Å². The van der Waals surface area contributed by atoms with Crippen LogP contribution in [0.5, 0.6) is 0 Å². The number of amides is 1. The maximum Gasteiger partial charge on any atom is 0.258 e. The number of aromatic nitrogens is 1. The van der Waals surface area contributed by atoms with Crippen LogP contribution in [0, 0.1) is 0 Å². The predicted octanol–water partition coefficient (Wildman–Crippen LogP) is 1.94. The molecule has 0 aliphatic carbocycles. The number of pyridine rings is 1. The topological polar surface area (TPSA) is 59.2 Å². The van der Waals surface area contributed by atoms with Gasteiger partial charge in [-0.05, 0) is 36.4 Å². The molecule has 1 aromatic carbocycles. The van der Waals surface area contributed by atoms with E-state index in [1.807, 2.05) is 12.1 Å². The molecule has 0 aliphatic rings. The van der Waals surface area contributed by atoms with E-state index in [0.717, 1.165) is 5.69 Å². The molecule has 0 fully saturated rings. The Labute approximate surface area is 99.7 Å². The highest BCUT2D eigenvalue weighted by molar-refractivity contribution is 6.05. The Balaban J connectivity index is 2.23. The number of carbonyl (C=O) groups is 1. The lowest BCUT2D eigenvalue weighted by Crippen LogP contribution is -2.26. The average molecular weight is 227 g/mol. The van der Waals surface area contributed by atoms with E-state index in [2.05, 4.69) is 4.98 Å². The standard InChI is InChI=1S/C13H13N3O/c1-16(12-4-2-11(14)3-5-12)13(17)10-6-8-15-9-7-10/h2-9H,14H2,1H3. The molecule has 1 aromatic heterocycles. The van der Waals surface area contributed by atoms with Gasteiger partial charge in [-0.2, -0.15) is 0 Å². The summed E-state index contributed by atoms with van der Waals surface area (Å²) >= 11 is 0. The molecule has 4 heteroatoms. The van der Waals surface area contributed by atoms with Gasteiger partial charge in [0.15, 0.2) is 0 Å². The van der Waals surface area contributed by atoms with Crippen LogP contribution in [0.3, 0.4) is 0 Å². The summed E-state index contributed by atoms with van der Waals surface area (Å²) in [6, 6.07) is 10.5. The Hall–Kier alpha value is -2.36. The third-order valence-corrected chi connectivity index (χ3v) is 2.51. The Morgan fingerprint density at radius 2 is 1.71 bits per heavy atom. The summed E-state index contributed by atoms with van der Waals surface area (Å²) in [6.45, 7) is 0. The third-order valence-electron chi connectivity index (χ3n) is 2.51. The maximum atomic E-state index is 12.1. The first-order valence-electron chi connectivity index (χ1n) is 5.22. The second-order valence-corrected chi connectivity index (χ2v) is 3.69. The van der Waals surface area contributed by atoms with Crippen LogP contribution in [0.2, 0.25) is 0 Å². The van der Waals surface area contributed by atoms with E-state index in [-0.39, 0.29) is 5.91 Å². The first-order chi connectivity index (χ1) is 8.18. The lowest BCUT2D eigenvalue weighted by molar-refractivity contribution is 0.0993. The molecular weight excluding hydrogens is 214 g/mol. The summed E-state index contributed by atoms with van der Waals surface area (Å²) in [5.74, 6) is -0.0721. The van der Waals surface area contributed by atoms with Crippen molar-refractivity contribution in [1.29, 1.82) is 0 Å². The van der Waals surface area contributed by atoms with Gasteiger partial charge in [-0.3, -0.25) is 9.78 Å². The highest BCUT2D eigenvalue weighted by atomic mass is 16.2. The van der Waals surface area contributed by atoms with Gasteiger partial charge in [0.25, 0.3) is 5.91 Å². The van der Waals surface area contributed by atoms with Crippen LogP contribution in [-0.4, -0.2) is 17.9 Å². The molecule has 0 aliphatic heterocycles. The largest absolute Gasteiger partial charge is 0.399 e. The minimum atomic E-state index is -0.0721. The summed E-state index contributed by atoms with van der Waals surface area (Å²) in [7, 11) is 1.73. The molecule has 0 unspecified atom stereocenters. The van der Waals surface area contributed by atoms with E-state index >= 15 is 0 Å². The first-order valence-corrected chi connectivity index (χ1v) is 5.22. The fourth-order valence-corrected chi connectivity index (χ4v) is 1.50. The van der Waals surface area contributed by atoms with E-state index in [4.69, 9.17) is 5.73 Å². The Morgan fingerprint density at radius 3 is 2.29 bits per heavy atom. The van der Waals surface area contributed by atoms with Crippen molar-refractivity contribution in [2.45, 2.75) is 0 Å². The number of nitrogen functional groups attached to an aromatic ring is 1. The molecule has 1 amide bonds. The first kappa shape index (κ1) is 11.1. The van der Waals surface area contributed by atoms with E-state index in [1.165, 1.54) is 0 Å². The monoisotopic (exact) mass is 227 g/mol. The van der Waals surface area contributed by atoms with Crippen LogP contribution >= 0.6 is 0 Å². The molecule has 0 atom stereocenters. The zero-order valence-corrected chi connectivity index (χ0v) is 9.50. The number of benzene rings is 1. The van der Waals surface area contributed by atoms with Crippen molar-refractivity contribution in [3.8, 4) is 0 Å². The lowest BCUT2D eigenvalue weighted by atomic mass is 10.2. The molecule has 4 nitrogen and oxygen atoms in total. The van der Waals surface area contributed by atoms with Crippen molar-refractivity contribution in [2.24, 2.45) is 0 Å². The number of nitrogens with two attached hydrogens (primary N) is 1. The van der Waals surface area contributed by atoms with Gasteiger partial charge in [0.2, 0.25) is 0 Å². The van der Waals surface area contributed by atoms with Gasteiger partial charge < -0.3 is 10.6 Å². The van der Waals surface area contributed by atoms with Crippen LogP contribution in [0.25, 0.3) is 0 Å². The summed E-state index contributed by atoms with van der Waals surface area (Å²) in [6.07, 6.45) is 3.20. The quantitative estimate of drug-likeness (QED) is 0.797. The van der Waals surface area contributed by atoms with Gasteiger partial charge >= 0.3 is 0 Å². The molecule has 0 radical (unpaired) electrons. The van der Waals surface area contributed by atoms with Crippen LogP contribution in [0.4, 0.5) is 11.4 Å². The van der Waals surface area contributed by atoms with Crippen molar-refractivity contribution >= 4 is 17.3 Å². The van der Waals surface area contributed by atoms with Crippen LogP contribution in [0.15, 0.2) is 48.8 Å². The van der Waals surface area contributed by atoms with Crippen molar-refractivity contribution in [2.75, 3.05) is 17.7 Å². The van der Waals surface area contributed by atoms with Crippen LogP contribution in [0.1, 0.15) is 10.4 Å². The molecule has 86 valence electrons. The van der Waals surface area contributed by atoms with Crippen molar-refractivity contribution in [3.05, 3.63) is 54.4 Å². The number of hydrogen-bond donors (Lipinski definition) is 1. The van der Waals surface area contributed by atoms with E-state index < -0.39 is 0 Å². The molecule has 0 spiro atoms. The summed E-state index contributed by atoms with van der Waals surface area (Å²) in [5.41, 5.74) is 7.70. The predicted molar refractivity (Wildman–Crippen MR) is 67.8 cm³/mol. The summed E-state index contributed by atoms with van der Waals surface area (Å²) < 4.78 is 0. The summed E-state index contributed by atoms with van der Waals surface area (Å²) in [4.78, 5) is 17.6. The number of hydrogen-bond acceptors (Lipinski definition) is 3. The molecule has 0 bridgehead atoms. The molecule has 17 heavy (non-hydrogen) atoms.